The van der Waals surface area contributed by atoms with Gasteiger partial charge in [-0.3, -0.25) is 9.48 Å². The molecule has 0 saturated carbocycles. The third-order valence-corrected chi connectivity index (χ3v) is 4.30. The fraction of sp³-hybridized carbons (Fsp3) is 0.533. The predicted molar refractivity (Wildman–Crippen MR) is 77.8 cm³/mol. The number of rotatable bonds is 3. The molecule has 1 atom stereocenters. The zero-order valence-electron chi connectivity index (χ0n) is 12.2. The number of anilines is 1. The van der Waals surface area contributed by atoms with E-state index in [0.717, 1.165) is 50.0 Å². The minimum Gasteiger partial charge on any atom is -0.379 e. The van der Waals surface area contributed by atoms with E-state index >= 15 is 0 Å². The maximum absolute atomic E-state index is 12.4. The van der Waals surface area contributed by atoms with E-state index in [1.165, 1.54) is 0 Å². The van der Waals surface area contributed by atoms with Crippen molar-refractivity contribution < 1.29 is 14.1 Å². The van der Waals surface area contributed by atoms with Crippen LogP contribution in [0.5, 0.6) is 0 Å². The summed E-state index contributed by atoms with van der Waals surface area (Å²) in [6, 6.07) is 0.255. The SMILES string of the molecule is O=C(Nc1cnn([C@@H]2CCOC2)c1)c1noc2c1CCCC2. The van der Waals surface area contributed by atoms with Crippen LogP contribution in [0.15, 0.2) is 16.9 Å². The van der Waals surface area contributed by atoms with Crippen LogP contribution in [0.3, 0.4) is 0 Å². The molecule has 116 valence electrons. The summed E-state index contributed by atoms with van der Waals surface area (Å²) < 4.78 is 12.5. The van der Waals surface area contributed by atoms with Crippen molar-refractivity contribution in [2.75, 3.05) is 18.5 Å². The molecule has 3 heterocycles. The van der Waals surface area contributed by atoms with Crippen LogP contribution in [0.1, 0.15) is 47.1 Å². The van der Waals surface area contributed by atoms with Gasteiger partial charge in [0.25, 0.3) is 5.91 Å². The molecule has 2 aromatic heterocycles. The van der Waals surface area contributed by atoms with Crippen LogP contribution in [0.25, 0.3) is 0 Å². The Morgan fingerprint density at radius 1 is 1.36 bits per heavy atom. The second-order valence-corrected chi connectivity index (χ2v) is 5.82. The van der Waals surface area contributed by atoms with Crippen LogP contribution in [0, 0.1) is 0 Å². The van der Waals surface area contributed by atoms with E-state index in [2.05, 4.69) is 15.6 Å². The zero-order valence-corrected chi connectivity index (χ0v) is 12.2. The summed E-state index contributed by atoms with van der Waals surface area (Å²) in [4.78, 5) is 12.4. The van der Waals surface area contributed by atoms with E-state index in [-0.39, 0.29) is 11.9 Å². The molecule has 1 amide bonds. The Kier molecular flexibility index (Phi) is 3.42. The van der Waals surface area contributed by atoms with Gasteiger partial charge in [-0.15, -0.1) is 0 Å². The fourth-order valence-corrected chi connectivity index (χ4v) is 3.09. The number of hydrogen-bond donors (Lipinski definition) is 1. The van der Waals surface area contributed by atoms with Gasteiger partial charge in [-0.05, 0) is 25.7 Å². The van der Waals surface area contributed by atoms with Crippen LogP contribution < -0.4 is 5.32 Å². The molecule has 2 aromatic rings. The lowest BCUT2D eigenvalue weighted by Crippen LogP contribution is -2.15. The number of carbonyl (C=O) groups is 1. The topological polar surface area (TPSA) is 82.2 Å². The lowest BCUT2D eigenvalue weighted by atomic mass is 9.96. The molecule has 0 bridgehead atoms. The number of aryl methyl sites for hydroxylation is 1. The maximum Gasteiger partial charge on any atom is 0.278 e. The van der Waals surface area contributed by atoms with Crippen LogP contribution in [-0.4, -0.2) is 34.1 Å². The minimum atomic E-state index is -0.228. The Morgan fingerprint density at radius 2 is 2.27 bits per heavy atom. The summed E-state index contributed by atoms with van der Waals surface area (Å²) in [5, 5.41) is 11.1. The first kappa shape index (κ1) is 13.5. The van der Waals surface area contributed by atoms with Crippen molar-refractivity contribution in [2.24, 2.45) is 0 Å². The van der Waals surface area contributed by atoms with Crippen molar-refractivity contribution in [2.45, 2.75) is 38.1 Å². The Bertz CT molecular complexity index is 685. The Hall–Kier alpha value is -2.15. The van der Waals surface area contributed by atoms with Crippen LogP contribution >= 0.6 is 0 Å². The van der Waals surface area contributed by atoms with Gasteiger partial charge in [0.15, 0.2) is 5.69 Å². The molecule has 2 aliphatic rings. The first-order valence-electron chi connectivity index (χ1n) is 7.72. The van der Waals surface area contributed by atoms with E-state index in [9.17, 15) is 4.79 Å². The Balaban J connectivity index is 1.49. The summed E-state index contributed by atoms with van der Waals surface area (Å²) in [6.45, 7) is 1.43. The summed E-state index contributed by atoms with van der Waals surface area (Å²) in [5.41, 5.74) is 2.04. The van der Waals surface area contributed by atoms with Gasteiger partial charge in [0.05, 0.1) is 24.5 Å². The minimum absolute atomic E-state index is 0.228. The van der Waals surface area contributed by atoms with Crippen LogP contribution in [-0.2, 0) is 17.6 Å². The molecule has 1 fully saturated rings. The van der Waals surface area contributed by atoms with Crippen molar-refractivity contribution >= 4 is 11.6 Å². The monoisotopic (exact) mass is 302 g/mol. The quantitative estimate of drug-likeness (QED) is 0.937. The summed E-state index contributed by atoms with van der Waals surface area (Å²) in [6.07, 6.45) is 8.35. The smallest absolute Gasteiger partial charge is 0.278 e. The van der Waals surface area contributed by atoms with E-state index in [1.807, 2.05) is 10.9 Å². The first-order chi connectivity index (χ1) is 10.8. The molecule has 1 aliphatic heterocycles. The molecule has 0 spiro atoms. The predicted octanol–water partition coefficient (Wildman–Crippen LogP) is 1.96. The average molecular weight is 302 g/mol. The van der Waals surface area contributed by atoms with Gasteiger partial charge in [-0.25, -0.2) is 0 Å². The van der Waals surface area contributed by atoms with Crippen molar-refractivity contribution in [1.29, 1.82) is 0 Å². The number of nitrogens with one attached hydrogen (secondary N) is 1. The normalized spacial score (nSPS) is 20.8. The summed E-state index contributed by atoms with van der Waals surface area (Å²) >= 11 is 0. The van der Waals surface area contributed by atoms with Gasteiger partial charge >= 0.3 is 0 Å². The third kappa shape index (κ3) is 2.41. The molecule has 1 N–H and O–H groups in total. The standard InChI is InChI=1S/C15H18N4O3/c20-15(14-12-3-1-2-4-13(12)22-18-14)17-10-7-16-19(8-10)11-5-6-21-9-11/h7-8,11H,1-6,9H2,(H,17,20)/t11-/m1/s1. The van der Waals surface area contributed by atoms with Crippen molar-refractivity contribution in [3.63, 3.8) is 0 Å². The molecule has 22 heavy (non-hydrogen) atoms. The highest BCUT2D eigenvalue weighted by atomic mass is 16.5. The Morgan fingerprint density at radius 3 is 3.14 bits per heavy atom. The number of ether oxygens (including phenoxy) is 1. The molecule has 7 nitrogen and oxygen atoms in total. The largest absolute Gasteiger partial charge is 0.379 e. The van der Waals surface area contributed by atoms with Crippen LogP contribution in [0.2, 0.25) is 0 Å². The first-order valence-corrected chi connectivity index (χ1v) is 7.72. The van der Waals surface area contributed by atoms with Gasteiger partial charge in [0.2, 0.25) is 0 Å². The number of carbonyl (C=O) groups excluding carboxylic acids is 1. The summed E-state index contributed by atoms with van der Waals surface area (Å²) in [5.74, 6) is 0.629. The molecular weight excluding hydrogens is 284 g/mol. The molecule has 1 aliphatic carbocycles. The number of fused-ring (bicyclic) bond motifs is 1. The Labute approximate surface area is 127 Å². The van der Waals surface area contributed by atoms with E-state index in [1.54, 1.807) is 6.20 Å². The van der Waals surface area contributed by atoms with Gasteiger partial charge in [0, 0.05) is 24.8 Å². The van der Waals surface area contributed by atoms with E-state index in [0.29, 0.717) is 18.0 Å². The molecular formula is C15H18N4O3. The second-order valence-electron chi connectivity index (χ2n) is 5.82. The molecule has 7 heteroatoms. The van der Waals surface area contributed by atoms with E-state index in [4.69, 9.17) is 9.26 Å². The van der Waals surface area contributed by atoms with Crippen molar-refractivity contribution in [3.8, 4) is 0 Å². The molecule has 4 rings (SSSR count). The fourth-order valence-electron chi connectivity index (χ4n) is 3.09. The molecule has 1 saturated heterocycles. The number of aromatic nitrogens is 3. The average Bonchev–Trinajstić information content (AvgIpc) is 3.27. The summed E-state index contributed by atoms with van der Waals surface area (Å²) in [7, 11) is 0. The maximum atomic E-state index is 12.4. The highest BCUT2D eigenvalue weighted by Crippen LogP contribution is 2.25. The number of nitrogens with zero attached hydrogens (tertiary/aromatic N) is 3. The highest BCUT2D eigenvalue weighted by molar-refractivity contribution is 6.03. The second kappa shape index (κ2) is 5.57. The molecule has 0 radical (unpaired) electrons. The highest BCUT2D eigenvalue weighted by Gasteiger charge is 2.24. The van der Waals surface area contributed by atoms with Gasteiger partial charge in [-0.2, -0.15) is 5.10 Å². The van der Waals surface area contributed by atoms with Crippen LogP contribution in [0.4, 0.5) is 5.69 Å². The third-order valence-electron chi connectivity index (χ3n) is 4.30. The molecule has 0 aromatic carbocycles. The zero-order chi connectivity index (χ0) is 14.9. The van der Waals surface area contributed by atoms with Crippen molar-refractivity contribution in [3.05, 3.63) is 29.4 Å². The lowest BCUT2D eigenvalue weighted by molar-refractivity contribution is 0.101. The van der Waals surface area contributed by atoms with Crippen molar-refractivity contribution in [1.82, 2.24) is 14.9 Å². The van der Waals surface area contributed by atoms with Gasteiger partial charge in [-0.1, -0.05) is 5.16 Å². The number of hydrogen-bond acceptors (Lipinski definition) is 5. The number of amides is 1. The lowest BCUT2D eigenvalue weighted by Gasteiger charge is -2.09. The van der Waals surface area contributed by atoms with E-state index < -0.39 is 0 Å². The van der Waals surface area contributed by atoms with Gasteiger partial charge < -0.3 is 14.6 Å². The van der Waals surface area contributed by atoms with Gasteiger partial charge in [0.1, 0.15) is 5.76 Å². The molecule has 0 unspecified atom stereocenters.